The van der Waals surface area contributed by atoms with Gasteiger partial charge in [-0.3, -0.25) is 14.4 Å². The van der Waals surface area contributed by atoms with E-state index >= 15 is 0 Å². The van der Waals surface area contributed by atoms with E-state index in [9.17, 15) is 14.4 Å². The van der Waals surface area contributed by atoms with Crippen LogP contribution in [-0.2, 0) is 14.4 Å². The molecule has 0 radical (unpaired) electrons. The lowest BCUT2D eigenvalue weighted by Gasteiger charge is -2.36. The van der Waals surface area contributed by atoms with Gasteiger partial charge in [0.1, 0.15) is 5.70 Å². The second kappa shape index (κ2) is 9.19. The van der Waals surface area contributed by atoms with Crippen LogP contribution in [0.5, 0.6) is 0 Å². The first kappa shape index (κ1) is 22.7. The van der Waals surface area contributed by atoms with Crippen LogP contribution in [-0.4, -0.2) is 60.7 Å². The second-order valence-corrected chi connectivity index (χ2v) is 8.86. The molecule has 0 bridgehead atoms. The zero-order chi connectivity index (χ0) is 23.7. The van der Waals surface area contributed by atoms with E-state index in [1.165, 1.54) is 11.8 Å². The molecule has 0 aliphatic carbocycles. The molecule has 0 atom stereocenters. The molecule has 1 N–H and O–H groups in total. The van der Waals surface area contributed by atoms with Crippen LogP contribution in [0.1, 0.15) is 30.9 Å². The number of rotatable bonds is 5. The summed E-state index contributed by atoms with van der Waals surface area (Å²) in [4.78, 5) is 44.4. The summed E-state index contributed by atoms with van der Waals surface area (Å²) in [7, 11) is 4.02. The Bertz CT molecular complexity index is 1110. The Labute approximate surface area is 194 Å². The van der Waals surface area contributed by atoms with E-state index in [1.54, 1.807) is 30.3 Å². The van der Waals surface area contributed by atoms with Crippen LogP contribution in [0, 0.1) is 6.92 Å². The number of amides is 3. The molecule has 1 saturated heterocycles. The summed E-state index contributed by atoms with van der Waals surface area (Å²) in [5.41, 5.74) is 3.61. The number of benzene rings is 2. The second-order valence-electron chi connectivity index (χ2n) is 8.86. The smallest absolute Gasteiger partial charge is 0.282 e. The fourth-order valence-corrected chi connectivity index (χ4v) is 4.63. The van der Waals surface area contributed by atoms with Gasteiger partial charge in [0.25, 0.3) is 11.8 Å². The van der Waals surface area contributed by atoms with Gasteiger partial charge in [-0.05, 0) is 69.2 Å². The van der Waals surface area contributed by atoms with Crippen LogP contribution >= 0.6 is 0 Å². The Morgan fingerprint density at radius 1 is 1.00 bits per heavy atom. The SMILES string of the molecule is CC(=O)Nc1ccc(C2=C(N(C)C3CCN(C)CC3)C(=O)N(c3ccccc3C)C2=O)cc1. The van der Waals surface area contributed by atoms with Gasteiger partial charge in [-0.15, -0.1) is 0 Å². The zero-order valence-corrected chi connectivity index (χ0v) is 19.6. The highest BCUT2D eigenvalue weighted by Gasteiger charge is 2.43. The predicted molar refractivity (Wildman–Crippen MR) is 130 cm³/mol. The summed E-state index contributed by atoms with van der Waals surface area (Å²) in [6.45, 7) is 5.25. The molecule has 172 valence electrons. The molecule has 7 heteroatoms. The topological polar surface area (TPSA) is 73.0 Å². The number of aryl methyl sites for hydroxylation is 1. The number of nitrogens with one attached hydrogen (secondary N) is 1. The zero-order valence-electron chi connectivity index (χ0n) is 19.6. The van der Waals surface area contributed by atoms with Crippen LogP contribution in [0.3, 0.4) is 0 Å². The van der Waals surface area contributed by atoms with Crippen molar-refractivity contribution in [2.75, 3.05) is 37.4 Å². The molecular formula is C26H30N4O3. The molecule has 2 aliphatic heterocycles. The van der Waals surface area contributed by atoms with Gasteiger partial charge in [0.05, 0.1) is 11.3 Å². The molecule has 2 aromatic carbocycles. The Morgan fingerprint density at radius 2 is 1.64 bits per heavy atom. The Hall–Kier alpha value is -3.45. The van der Waals surface area contributed by atoms with E-state index in [0.717, 1.165) is 31.5 Å². The van der Waals surface area contributed by atoms with Gasteiger partial charge in [0.15, 0.2) is 0 Å². The lowest BCUT2D eigenvalue weighted by Crippen LogP contribution is -2.43. The minimum atomic E-state index is -0.323. The van der Waals surface area contributed by atoms with E-state index in [-0.39, 0.29) is 23.8 Å². The van der Waals surface area contributed by atoms with Gasteiger partial charge >= 0.3 is 0 Å². The summed E-state index contributed by atoms with van der Waals surface area (Å²) in [5, 5.41) is 2.74. The van der Waals surface area contributed by atoms with E-state index in [0.29, 0.717) is 28.2 Å². The van der Waals surface area contributed by atoms with Gasteiger partial charge in [-0.2, -0.15) is 0 Å². The van der Waals surface area contributed by atoms with Gasteiger partial charge in [0.2, 0.25) is 5.91 Å². The lowest BCUT2D eigenvalue weighted by atomic mass is 10.00. The molecule has 2 aromatic rings. The number of nitrogens with zero attached hydrogens (tertiary/aromatic N) is 3. The van der Waals surface area contributed by atoms with Crippen molar-refractivity contribution in [3.8, 4) is 0 Å². The maximum Gasteiger partial charge on any atom is 0.282 e. The van der Waals surface area contributed by atoms with Crippen LogP contribution in [0.4, 0.5) is 11.4 Å². The minimum absolute atomic E-state index is 0.164. The molecule has 2 aliphatic rings. The monoisotopic (exact) mass is 446 g/mol. The average Bonchev–Trinajstić information content (AvgIpc) is 3.04. The number of hydrogen-bond donors (Lipinski definition) is 1. The van der Waals surface area contributed by atoms with Crippen LogP contribution in [0.25, 0.3) is 5.57 Å². The Balaban J connectivity index is 1.77. The highest BCUT2D eigenvalue weighted by molar-refractivity contribution is 6.45. The summed E-state index contributed by atoms with van der Waals surface area (Å²) in [6.07, 6.45) is 1.86. The number of carbonyl (C=O) groups is 3. The number of para-hydroxylation sites is 1. The van der Waals surface area contributed by atoms with Crippen molar-refractivity contribution in [3.05, 3.63) is 65.4 Å². The maximum absolute atomic E-state index is 13.8. The molecular weight excluding hydrogens is 416 g/mol. The van der Waals surface area contributed by atoms with Crippen molar-refractivity contribution in [2.45, 2.75) is 32.7 Å². The maximum atomic E-state index is 13.8. The number of anilines is 2. The van der Waals surface area contributed by atoms with Crippen molar-refractivity contribution >= 4 is 34.7 Å². The van der Waals surface area contributed by atoms with Crippen LogP contribution in [0.2, 0.25) is 0 Å². The highest BCUT2D eigenvalue weighted by Crippen LogP contribution is 2.37. The molecule has 2 heterocycles. The fraction of sp³-hybridized carbons (Fsp3) is 0.346. The third-order valence-corrected chi connectivity index (χ3v) is 6.50. The number of piperidine rings is 1. The molecule has 0 unspecified atom stereocenters. The number of imide groups is 1. The molecule has 4 rings (SSSR count). The molecule has 3 amide bonds. The van der Waals surface area contributed by atoms with Crippen molar-refractivity contribution in [3.63, 3.8) is 0 Å². The minimum Gasteiger partial charge on any atom is -0.366 e. The Kier molecular flexibility index (Phi) is 6.33. The molecule has 7 nitrogen and oxygen atoms in total. The quantitative estimate of drug-likeness (QED) is 0.714. The molecule has 0 spiro atoms. The van der Waals surface area contributed by atoms with Gasteiger partial charge in [0, 0.05) is 25.7 Å². The summed E-state index contributed by atoms with van der Waals surface area (Å²) >= 11 is 0. The lowest BCUT2D eigenvalue weighted by molar-refractivity contribution is -0.121. The van der Waals surface area contributed by atoms with Gasteiger partial charge < -0.3 is 15.1 Å². The Morgan fingerprint density at radius 3 is 2.24 bits per heavy atom. The van der Waals surface area contributed by atoms with E-state index in [2.05, 4.69) is 17.3 Å². The standard InChI is InChI=1S/C26H30N4O3/c1-17-7-5-6-8-22(17)30-25(32)23(19-9-11-20(12-10-19)27-18(2)31)24(26(30)33)29(4)21-13-15-28(3)16-14-21/h5-12,21H,13-16H2,1-4H3,(H,27,31). The number of likely N-dealkylation sites (tertiary alicyclic amines) is 1. The average molecular weight is 447 g/mol. The molecule has 1 fully saturated rings. The summed E-state index contributed by atoms with van der Waals surface area (Å²) in [6, 6.07) is 14.7. The van der Waals surface area contributed by atoms with Crippen molar-refractivity contribution < 1.29 is 14.4 Å². The predicted octanol–water partition coefficient (Wildman–Crippen LogP) is 3.26. The van der Waals surface area contributed by atoms with Crippen LogP contribution in [0.15, 0.2) is 54.2 Å². The van der Waals surface area contributed by atoms with Gasteiger partial charge in [-0.1, -0.05) is 30.3 Å². The van der Waals surface area contributed by atoms with E-state index in [1.807, 2.05) is 37.1 Å². The largest absolute Gasteiger partial charge is 0.366 e. The third kappa shape index (κ3) is 4.41. The van der Waals surface area contributed by atoms with E-state index in [4.69, 9.17) is 0 Å². The van der Waals surface area contributed by atoms with E-state index < -0.39 is 0 Å². The normalized spacial score (nSPS) is 17.6. The molecule has 0 saturated carbocycles. The van der Waals surface area contributed by atoms with Crippen molar-refractivity contribution in [1.82, 2.24) is 9.80 Å². The number of hydrogen-bond acceptors (Lipinski definition) is 5. The highest BCUT2D eigenvalue weighted by atomic mass is 16.2. The first-order chi connectivity index (χ1) is 15.8. The first-order valence-corrected chi connectivity index (χ1v) is 11.3. The fourth-order valence-electron chi connectivity index (χ4n) is 4.63. The first-order valence-electron chi connectivity index (χ1n) is 11.3. The number of carbonyl (C=O) groups excluding carboxylic acids is 3. The number of likely N-dealkylation sites (N-methyl/N-ethyl adjacent to an activating group) is 1. The molecule has 33 heavy (non-hydrogen) atoms. The summed E-state index contributed by atoms with van der Waals surface area (Å²) in [5.74, 6) is -0.782. The molecule has 0 aromatic heterocycles. The van der Waals surface area contributed by atoms with Crippen LogP contribution < -0.4 is 10.2 Å². The summed E-state index contributed by atoms with van der Waals surface area (Å²) < 4.78 is 0. The van der Waals surface area contributed by atoms with Gasteiger partial charge in [-0.25, -0.2) is 4.90 Å². The van der Waals surface area contributed by atoms with Crippen molar-refractivity contribution in [1.29, 1.82) is 0 Å². The third-order valence-electron chi connectivity index (χ3n) is 6.50. The van der Waals surface area contributed by atoms with Crippen molar-refractivity contribution in [2.24, 2.45) is 0 Å².